The molecule has 0 aromatic carbocycles. The Labute approximate surface area is 127 Å². The van der Waals surface area contributed by atoms with E-state index in [0.717, 1.165) is 0 Å². The lowest BCUT2D eigenvalue weighted by atomic mass is 9.51. The molecule has 3 aliphatic heterocycles. The molecule has 5 aliphatic rings. The molecule has 2 bridgehead atoms. The summed E-state index contributed by atoms with van der Waals surface area (Å²) in [6.45, 7) is 5.29. The lowest BCUT2D eigenvalue weighted by molar-refractivity contribution is -0.254. The molecule has 5 rings (SSSR count). The normalized spacial score (nSPS) is 64.4. The molecule has 122 valence electrons. The maximum atomic E-state index is 12.4. The van der Waals surface area contributed by atoms with E-state index in [9.17, 15) is 20.1 Å². The van der Waals surface area contributed by atoms with Crippen LogP contribution in [0.2, 0.25) is 0 Å². The van der Waals surface area contributed by atoms with Crippen molar-refractivity contribution in [2.24, 2.45) is 17.3 Å². The Morgan fingerprint density at radius 3 is 2.50 bits per heavy atom. The SMILES string of the molecule is CC(C)(O)[C@H]1[C@@H]2OC(=O)[C@H]1[C@@]1(O)[C@@H]3O[C@@H]3[C@@]3(CO3)[C@@]1(C)[C@H]2O. The predicted octanol–water partition coefficient (Wildman–Crippen LogP) is -1.42. The summed E-state index contributed by atoms with van der Waals surface area (Å²) in [4.78, 5) is 12.4. The van der Waals surface area contributed by atoms with E-state index >= 15 is 0 Å². The minimum atomic E-state index is -1.59. The first-order valence-electron chi connectivity index (χ1n) is 7.73. The molecule has 9 atom stereocenters. The number of aliphatic hydroxyl groups excluding tert-OH is 1. The average Bonchev–Trinajstić information content (AvgIpc) is 3.26. The predicted molar refractivity (Wildman–Crippen MR) is 69.6 cm³/mol. The van der Waals surface area contributed by atoms with Gasteiger partial charge in [-0.25, -0.2) is 0 Å². The zero-order valence-electron chi connectivity index (χ0n) is 12.6. The van der Waals surface area contributed by atoms with Crippen molar-refractivity contribution in [1.29, 1.82) is 0 Å². The van der Waals surface area contributed by atoms with Crippen molar-refractivity contribution in [2.75, 3.05) is 6.61 Å². The number of carbonyl (C=O) groups is 1. The Morgan fingerprint density at radius 1 is 1.32 bits per heavy atom. The first-order chi connectivity index (χ1) is 10.1. The molecule has 0 amide bonds. The monoisotopic (exact) mass is 312 g/mol. The summed E-state index contributed by atoms with van der Waals surface area (Å²) in [6, 6.07) is 0. The Balaban J connectivity index is 1.74. The molecule has 3 N–H and O–H groups in total. The second-order valence-electron chi connectivity index (χ2n) is 8.19. The van der Waals surface area contributed by atoms with Gasteiger partial charge in [0.1, 0.15) is 35.6 Å². The molecule has 3 saturated heterocycles. The fourth-order valence-electron chi connectivity index (χ4n) is 5.73. The van der Waals surface area contributed by atoms with Crippen LogP contribution in [0.5, 0.6) is 0 Å². The van der Waals surface area contributed by atoms with Gasteiger partial charge in [0.05, 0.1) is 23.5 Å². The lowest BCUT2D eigenvalue weighted by Crippen LogP contribution is -2.72. The zero-order chi connectivity index (χ0) is 15.9. The summed E-state index contributed by atoms with van der Waals surface area (Å²) in [6.07, 6.45) is -2.82. The van der Waals surface area contributed by atoms with E-state index in [1.807, 2.05) is 0 Å². The lowest BCUT2D eigenvalue weighted by Gasteiger charge is -2.55. The third-order valence-electron chi connectivity index (χ3n) is 6.96. The van der Waals surface area contributed by atoms with E-state index in [0.29, 0.717) is 6.61 Å². The molecule has 22 heavy (non-hydrogen) atoms. The van der Waals surface area contributed by atoms with Crippen LogP contribution in [-0.4, -0.2) is 69.1 Å². The van der Waals surface area contributed by atoms with Crippen molar-refractivity contribution < 1.29 is 34.3 Å². The second-order valence-corrected chi connectivity index (χ2v) is 8.19. The van der Waals surface area contributed by atoms with Crippen molar-refractivity contribution in [2.45, 2.75) is 62.0 Å². The third kappa shape index (κ3) is 1.05. The number of hydrogen-bond donors (Lipinski definition) is 3. The molecule has 0 aromatic heterocycles. The molecule has 0 radical (unpaired) electrons. The molecule has 1 spiro atoms. The standard InChI is InChI=1S/C15H20O7/c1-12(2,18)5-6-11(17)21-7(5)8(16)13(3)14(4-20-14)9-10(22-9)15(6,13)19/h5-10,16,18-19H,4H2,1-3H3/t5-,6+,7+,8+,9+,10-,13-,14+,15-/m1/s1. The van der Waals surface area contributed by atoms with Crippen LogP contribution in [0.4, 0.5) is 0 Å². The van der Waals surface area contributed by atoms with Crippen molar-refractivity contribution >= 4 is 5.97 Å². The van der Waals surface area contributed by atoms with Gasteiger partial charge in [-0.05, 0) is 13.8 Å². The summed E-state index contributed by atoms with van der Waals surface area (Å²) in [5, 5.41) is 33.0. The molecule has 2 aliphatic carbocycles. The highest BCUT2D eigenvalue weighted by Gasteiger charge is 2.94. The molecule has 0 aromatic rings. The van der Waals surface area contributed by atoms with Gasteiger partial charge in [-0.1, -0.05) is 6.92 Å². The number of rotatable bonds is 1. The number of epoxide rings is 2. The molecule has 0 unspecified atom stereocenters. The van der Waals surface area contributed by atoms with E-state index in [1.165, 1.54) is 0 Å². The van der Waals surface area contributed by atoms with E-state index in [1.54, 1.807) is 20.8 Å². The minimum absolute atomic E-state index is 0.299. The van der Waals surface area contributed by atoms with E-state index in [2.05, 4.69) is 0 Å². The van der Waals surface area contributed by atoms with Crippen LogP contribution in [0.3, 0.4) is 0 Å². The Kier molecular flexibility index (Phi) is 2.01. The maximum Gasteiger partial charge on any atom is 0.312 e. The largest absolute Gasteiger partial charge is 0.459 e. The first-order valence-corrected chi connectivity index (χ1v) is 7.73. The number of hydrogen-bond acceptors (Lipinski definition) is 7. The van der Waals surface area contributed by atoms with Gasteiger partial charge in [-0.2, -0.15) is 0 Å². The van der Waals surface area contributed by atoms with Crippen LogP contribution >= 0.6 is 0 Å². The van der Waals surface area contributed by atoms with Crippen molar-refractivity contribution in [3.63, 3.8) is 0 Å². The smallest absolute Gasteiger partial charge is 0.312 e. The first kappa shape index (κ1) is 13.7. The molecular weight excluding hydrogens is 292 g/mol. The van der Waals surface area contributed by atoms with Crippen molar-refractivity contribution in [3.05, 3.63) is 0 Å². The second kappa shape index (κ2) is 3.23. The van der Waals surface area contributed by atoms with Crippen LogP contribution in [0.15, 0.2) is 0 Å². The maximum absolute atomic E-state index is 12.4. The summed E-state index contributed by atoms with van der Waals surface area (Å²) in [5.41, 5.74) is -4.66. The Hall–Kier alpha value is -0.730. The average molecular weight is 312 g/mol. The molecule has 3 heterocycles. The van der Waals surface area contributed by atoms with Gasteiger partial charge in [-0.3, -0.25) is 4.79 Å². The minimum Gasteiger partial charge on any atom is -0.459 e. The fraction of sp³-hybridized carbons (Fsp3) is 0.933. The van der Waals surface area contributed by atoms with Crippen LogP contribution in [-0.2, 0) is 19.0 Å². The zero-order valence-corrected chi connectivity index (χ0v) is 12.6. The number of fused-ring (bicyclic) bond motifs is 8. The van der Waals surface area contributed by atoms with Gasteiger partial charge in [0, 0.05) is 5.92 Å². The van der Waals surface area contributed by atoms with E-state index in [4.69, 9.17) is 14.2 Å². The molecule has 2 saturated carbocycles. The molecular formula is C15H20O7. The number of carbonyl (C=O) groups excluding carboxylic acids is 1. The van der Waals surface area contributed by atoms with Gasteiger partial charge in [0.25, 0.3) is 0 Å². The summed E-state index contributed by atoms with van der Waals surface area (Å²) >= 11 is 0. The van der Waals surface area contributed by atoms with Crippen LogP contribution in [0.25, 0.3) is 0 Å². The topological polar surface area (TPSA) is 112 Å². The van der Waals surface area contributed by atoms with Crippen LogP contribution in [0.1, 0.15) is 20.8 Å². The van der Waals surface area contributed by atoms with Gasteiger partial charge in [-0.15, -0.1) is 0 Å². The quantitative estimate of drug-likeness (QED) is 0.402. The molecule has 7 nitrogen and oxygen atoms in total. The van der Waals surface area contributed by atoms with E-state index < -0.39 is 58.3 Å². The van der Waals surface area contributed by atoms with Crippen LogP contribution < -0.4 is 0 Å². The van der Waals surface area contributed by atoms with Crippen LogP contribution in [0, 0.1) is 17.3 Å². The summed E-state index contributed by atoms with van der Waals surface area (Å²) in [7, 11) is 0. The highest BCUT2D eigenvalue weighted by Crippen LogP contribution is 2.76. The number of aliphatic hydroxyl groups is 3. The van der Waals surface area contributed by atoms with Crippen molar-refractivity contribution in [1.82, 2.24) is 0 Å². The Bertz CT molecular complexity index is 593. The van der Waals surface area contributed by atoms with Gasteiger partial charge >= 0.3 is 5.97 Å². The highest BCUT2D eigenvalue weighted by molar-refractivity contribution is 5.79. The highest BCUT2D eigenvalue weighted by atomic mass is 16.7. The fourth-order valence-corrected chi connectivity index (χ4v) is 5.73. The molecule has 7 heteroatoms. The molecule has 5 fully saturated rings. The number of esters is 1. The van der Waals surface area contributed by atoms with Gasteiger partial charge in [0.15, 0.2) is 0 Å². The summed E-state index contributed by atoms with van der Waals surface area (Å²) < 4.78 is 16.6. The number of ether oxygens (including phenoxy) is 3. The van der Waals surface area contributed by atoms with Gasteiger partial charge < -0.3 is 29.5 Å². The van der Waals surface area contributed by atoms with E-state index in [-0.39, 0.29) is 6.10 Å². The van der Waals surface area contributed by atoms with Gasteiger partial charge in [0.2, 0.25) is 0 Å². The Morgan fingerprint density at radius 2 is 1.95 bits per heavy atom. The third-order valence-corrected chi connectivity index (χ3v) is 6.96. The summed E-state index contributed by atoms with van der Waals surface area (Å²) in [5.74, 6) is -2.19. The van der Waals surface area contributed by atoms with Crippen molar-refractivity contribution in [3.8, 4) is 0 Å².